The summed E-state index contributed by atoms with van der Waals surface area (Å²) in [5.41, 5.74) is 7.06. The number of hydrogen-bond acceptors (Lipinski definition) is 3. The Balaban J connectivity index is 3.43. The molecule has 0 radical (unpaired) electrons. The van der Waals surface area contributed by atoms with Crippen molar-refractivity contribution in [3.05, 3.63) is 23.3 Å². The summed E-state index contributed by atoms with van der Waals surface area (Å²) in [5, 5.41) is 9.61. The first-order valence-corrected chi connectivity index (χ1v) is 4.87. The van der Waals surface area contributed by atoms with Crippen molar-refractivity contribution in [2.75, 3.05) is 5.73 Å². The molecule has 0 aliphatic rings. The van der Waals surface area contributed by atoms with Crippen LogP contribution in [-0.4, -0.2) is 10.9 Å². The lowest BCUT2D eigenvalue weighted by molar-refractivity contribution is 0.101. The Morgan fingerprint density at radius 3 is 2.27 bits per heavy atom. The maximum atomic E-state index is 11.3. The van der Waals surface area contributed by atoms with E-state index in [0.29, 0.717) is 5.56 Å². The van der Waals surface area contributed by atoms with E-state index < -0.39 is 0 Å². The van der Waals surface area contributed by atoms with Gasteiger partial charge in [0, 0.05) is 0 Å². The second-order valence-corrected chi connectivity index (χ2v) is 4.77. The first kappa shape index (κ1) is 11.6. The van der Waals surface area contributed by atoms with Crippen LogP contribution in [0.15, 0.2) is 12.1 Å². The summed E-state index contributed by atoms with van der Waals surface area (Å²) in [6.07, 6.45) is 0. The molecule has 0 fully saturated rings. The Hall–Kier alpha value is -1.51. The van der Waals surface area contributed by atoms with Gasteiger partial charge in [0.15, 0.2) is 5.78 Å². The molecule has 0 spiro atoms. The lowest BCUT2D eigenvalue weighted by Gasteiger charge is -2.20. The Bertz CT molecular complexity index is 403. The third kappa shape index (κ3) is 2.29. The van der Waals surface area contributed by atoms with Gasteiger partial charge in [-0.15, -0.1) is 0 Å². The average molecular weight is 207 g/mol. The molecule has 0 saturated heterocycles. The predicted octanol–water partition coefficient (Wildman–Crippen LogP) is 2.47. The molecule has 15 heavy (non-hydrogen) atoms. The van der Waals surface area contributed by atoms with Crippen LogP contribution in [-0.2, 0) is 5.41 Å². The molecule has 0 amide bonds. The van der Waals surface area contributed by atoms with Crippen LogP contribution < -0.4 is 5.73 Å². The van der Waals surface area contributed by atoms with Gasteiger partial charge >= 0.3 is 0 Å². The van der Waals surface area contributed by atoms with E-state index in [1.54, 1.807) is 12.1 Å². The van der Waals surface area contributed by atoms with Crippen molar-refractivity contribution in [3.63, 3.8) is 0 Å². The summed E-state index contributed by atoms with van der Waals surface area (Å²) in [7, 11) is 0. The summed E-state index contributed by atoms with van der Waals surface area (Å²) in [5.74, 6) is -0.291. The highest BCUT2D eigenvalue weighted by molar-refractivity contribution is 5.98. The lowest BCUT2D eigenvalue weighted by Crippen LogP contribution is -2.13. The van der Waals surface area contributed by atoms with Crippen LogP contribution in [0.3, 0.4) is 0 Å². The monoisotopic (exact) mass is 207 g/mol. The van der Waals surface area contributed by atoms with E-state index >= 15 is 0 Å². The van der Waals surface area contributed by atoms with Gasteiger partial charge in [0.1, 0.15) is 5.75 Å². The van der Waals surface area contributed by atoms with Crippen molar-refractivity contribution in [2.24, 2.45) is 0 Å². The van der Waals surface area contributed by atoms with Gasteiger partial charge in [0.05, 0.1) is 11.3 Å². The number of hydrogen-bond donors (Lipinski definition) is 2. The van der Waals surface area contributed by atoms with E-state index in [1.165, 1.54) is 6.92 Å². The lowest BCUT2D eigenvalue weighted by atomic mass is 9.85. The Morgan fingerprint density at radius 1 is 1.33 bits per heavy atom. The van der Waals surface area contributed by atoms with Crippen molar-refractivity contribution in [1.82, 2.24) is 0 Å². The molecule has 3 heteroatoms. The van der Waals surface area contributed by atoms with Gasteiger partial charge in [0.25, 0.3) is 0 Å². The second kappa shape index (κ2) is 3.57. The van der Waals surface area contributed by atoms with Gasteiger partial charge in [-0.25, -0.2) is 0 Å². The molecule has 1 rings (SSSR count). The molecule has 1 aromatic carbocycles. The first-order valence-electron chi connectivity index (χ1n) is 4.87. The fourth-order valence-electron chi connectivity index (χ4n) is 1.36. The van der Waals surface area contributed by atoms with Crippen molar-refractivity contribution in [2.45, 2.75) is 33.1 Å². The van der Waals surface area contributed by atoms with Crippen LogP contribution >= 0.6 is 0 Å². The minimum atomic E-state index is -0.176. The summed E-state index contributed by atoms with van der Waals surface area (Å²) in [6.45, 7) is 7.51. The van der Waals surface area contributed by atoms with Crippen molar-refractivity contribution < 1.29 is 9.90 Å². The molecule has 0 aliphatic heterocycles. The van der Waals surface area contributed by atoms with Crippen molar-refractivity contribution in [3.8, 4) is 5.75 Å². The fourth-order valence-corrected chi connectivity index (χ4v) is 1.36. The summed E-state index contributed by atoms with van der Waals surface area (Å²) in [4.78, 5) is 11.3. The van der Waals surface area contributed by atoms with Crippen LogP contribution in [0.1, 0.15) is 43.6 Å². The molecule has 3 N–H and O–H groups in total. The number of nitrogens with two attached hydrogens (primary N) is 1. The van der Waals surface area contributed by atoms with Crippen molar-refractivity contribution in [1.29, 1.82) is 0 Å². The van der Waals surface area contributed by atoms with Crippen LogP contribution in [0.2, 0.25) is 0 Å². The summed E-state index contributed by atoms with van der Waals surface area (Å²) >= 11 is 0. The molecule has 0 atom stereocenters. The quantitative estimate of drug-likeness (QED) is 0.422. The van der Waals surface area contributed by atoms with E-state index in [0.717, 1.165) is 5.56 Å². The molecule has 0 heterocycles. The second-order valence-electron chi connectivity index (χ2n) is 4.77. The van der Waals surface area contributed by atoms with Gasteiger partial charge in [0.2, 0.25) is 0 Å². The molecule has 3 nitrogen and oxygen atoms in total. The number of ketones is 1. The number of Topliss-reactive ketones (excluding diaryl/α,β-unsaturated/α-hetero) is 1. The Morgan fingerprint density at radius 2 is 1.87 bits per heavy atom. The molecule has 82 valence electrons. The highest BCUT2D eigenvalue weighted by Crippen LogP contribution is 2.32. The predicted molar refractivity (Wildman–Crippen MR) is 61.2 cm³/mol. The Labute approximate surface area is 89.9 Å². The highest BCUT2D eigenvalue weighted by atomic mass is 16.3. The van der Waals surface area contributed by atoms with Gasteiger partial charge in [-0.3, -0.25) is 4.79 Å². The van der Waals surface area contributed by atoms with Crippen molar-refractivity contribution >= 4 is 11.5 Å². The molecular weight excluding hydrogens is 190 g/mol. The zero-order valence-electron chi connectivity index (χ0n) is 9.59. The highest BCUT2D eigenvalue weighted by Gasteiger charge is 2.19. The zero-order valence-corrected chi connectivity index (χ0v) is 9.59. The molecule has 1 aromatic rings. The topological polar surface area (TPSA) is 63.3 Å². The van der Waals surface area contributed by atoms with Crippen LogP contribution in [0.4, 0.5) is 5.69 Å². The molecule has 0 bridgehead atoms. The van der Waals surface area contributed by atoms with Gasteiger partial charge in [-0.2, -0.15) is 0 Å². The first-order chi connectivity index (χ1) is 6.73. The minimum absolute atomic E-state index is 0.0913. The molecule has 0 saturated carbocycles. The van der Waals surface area contributed by atoms with Crippen LogP contribution in [0.25, 0.3) is 0 Å². The molecule has 0 aromatic heterocycles. The van der Waals surface area contributed by atoms with Gasteiger partial charge in [-0.1, -0.05) is 20.8 Å². The average Bonchev–Trinajstić information content (AvgIpc) is 2.06. The fraction of sp³-hybridized carbons (Fsp3) is 0.417. The van der Waals surface area contributed by atoms with E-state index in [-0.39, 0.29) is 22.6 Å². The summed E-state index contributed by atoms with van der Waals surface area (Å²) in [6, 6.07) is 3.41. The van der Waals surface area contributed by atoms with E-state index in [1.807, 2.05) is 20.8 Å². The molecule has 0 aliphatic carbocycles. The number of benzene rings is 1. The number of rotatable bonds is 1. The normalized spacial score (nSPS) is 11.5. The number of anilines is 1. The largest absolute Gasteiger partial charge is 0.505 e. The number of phenolic OH excluding ortho intramolecular Hbond substituents is 1. The Kier molecular flexibility index (Phi) is 2.75. The van der Waals surface area contributed by atoms with Gasteiger partial charge < -0.3 is 10.8 Å². The smallest absolute Gasteiger partial charge is 0.163 e. The molecule has 0 unspecified atom stereocenters. The standard InChI is InChI=1S/C12H17NO2/c1-7(14)9-5-8(12(2,3)4)6-10(13)11(9)15/h5-6,15H,13H2,1-4H3. The number of carbonyl (C=O) groups excluding carboxylic acids is 1. The number of phenols is 1. The van der Waals surface area contributed by atoms with E-state index in [4.69, 9.17) is 5.73 Å². The van der Waals surface area contributed by atoms with Crippen LogP contribution in [0.5, 0.6) is 5.75 Å². The molecular formula is C12H17NO2. The maximum absolute atomic E-state index is 11.3. The zero-order chi connectivity index (χ0) is 11.8. The maximum Gasteiger partial charge on any atom is 0.163 e. The summed E-state index contributed by atoms with van der Waals surface area (Å²) < 4.78 is 0. The minimum Gasteiger partial charge on any atom is -0.505 e. The van der Waals surface area contributed by atoms with E-state index in [2.05, 4.69) is 0 Å². The SMILES string of the molecule is CC(=O)c1cc(C(C)(C)C)cc(N)c1O. The van der Waals surface area contributed by atoms with Crippen LogP contribution in [0, 0.1) is 0 Å². The van der Waals surface area contributed by atoms with Gasteiger partial charge in [-0.05, 0) is 30.0 Å². The number of nitrogen functional groups attached to an aromatic ring is 1. The van der Waals surface area contributed by atoms with E-state index in [9.17, 15) is 9.90 Å². The number of aromatic hydroxyl groups is 1. The number of carbonyl (C=O) groups is 1. The third-order valence-corrected chi connectivity index (χ3v) is 2.38. The third-order valence-electron chi connectivity index (χ3n) is 2.38.